The lowest BCUT2D eigenvalue weighted by molar-refractivity contribution is 0.0690. The van der Waals surface area contributed by atoms with Gasteiger partial charge in [0, 0.05) is 13.1 Å². The molecule has 1 rings (SSSR count). The Bertz CT molecular complexity index is 360. The summed E-state index contributed by atoms with van der Waals surface area (Å²) >= 11 is 0. The van der Waals surface area contributed by atoms with E-state index in [0.29, 0.717) is 13.1 Å². The highest BCUT2D eigenvalue weighted by atomic mass is 16.4. The highest BCUT2D eigenvalue weighted by Crippen LogP contribution is 2.13. The zero-order valence-electron chi connectivity index (χ0n) is 8.22. The van der Waals surface area contributed by atoms with E-state index in [-0.39, 0.29) is 11.7 Å². The maximum absolute atomic E-state index is 10.6. The molecule has 0 aliphatic carbocycles. The molecular weight excluding hydrogens is 196 g/mol. The Kier molecular flexibility index (Phi) is 3.68. The van der Waals surface area contributed by atoms with Crippen molar-refractivity contribution >= 4 is 12.0 Å². The predicted molar refractivity (Wildman–Crippen MR) is 56.1 cm³/mol. The van der Waals surface area contributed by atoms with Crippen molar-refractivity contribution in [1.29, 1.82) is 0 Å². The number of carbonyl (C=O) groups is 1. The molecule has 0 atom stereocenters. The van der Waals surface area contributed by atoms with E-state index in [1.165, 1.54) is 0 Å². The molecule has 1 N–H and O–H groups in total. The van der Waals surface area contributed by atoms with Gasteiger partial charge in [0.25, 0.3) is 6.01 Å². The lowest BCUT2D eigenvalue weighted by Crippen LogP contribution is -2.23. The van der Waals surface area contributed by atoms with Crippen molar-refractivity contribution < 1.29 is 14.3 Å². The van der Waals surface area contributed by atoms with Crippen LogP contribution in [0.3, 0.4) is 0 Å². The minimum Gasteiger partial charge on any atom is -0.476 e. The molecule has 15 heavy (non-hydrogen) atoms. The molecule has 1 aromatic heterocycles. The number of aromatic carboxylic acids is 1. The molecule has 0 unspecified atom stereocenters. The molecule has 0 aromatic carbocycles. The second-order valence-electron chi connectivity index (χ2n) is 2.80. The Labute approximate surface area is 87.3 Å². The van der Waals surface area contributed by atoms with E-state index in [9.17, 15) is 4.79 Å². The highest BCUT2D eigenvalue weighted by molar-refractivity contribution is 5.85. The number of hydrogen-bond acceptors (Lipinski definition) is 4. The Hall–Kier alpha value is -2.04. The molecule has 0 fully saturated rings. The van der Waals surface area contributed by atoms with Crippen LogP contribution in [-0.2, 0) is 0 Å². The van der Waals surface area contributed by atoms with Gasteiger partial charge in [-0.15, -0.1) is 13.2 Å². The number of anilines is 1. The Balaban J connectivity index is 2.85. The smallest absolute Gasteiger partial charge is 0.357 e. The van der Waals surface area contributed by atoms with Gasteiger partial charge >= 0.3 is 5.97 Å². The largest absolute Gasteiger partial charge is 0.476 e. The predicted octanol–water partition coefficient (Wildman–Crippen LogP) is 1.55. The number of hydrogen-bond donors (Lipinski definition) is 1. The van der Waals surface area contributed by atoms with Crippen LogP contribution in [0.4, 0.5) is 6.01 Å². The number of nitrogens with zero attached hydrogens (tertiary/aromatic N) is 2. The van der Waals surface area contributed by atoms with Crippen molar-refractivity contribution in [3.8, 4) is 0 Å². The normalized spacial score (nSPS) is 9.60. The summed E-state index contributed by atoms with van der Waals surface area (Å²) in [6.45, 7) is 8.22. The van der Waals surface area contributed by atoms with Crippen molar-refractivity contribution in [2.45, 2.75) is 0 Å². The Morgan fingerprint density at radius 1 is 1.53 bits per heavy atom. The molecule has 0 aliphatic rings. The first-order chi connectivity index (χ1) is 7.19. The summed E-state index contributed by atoms with van der Waals surface area (Å²) in [5, 5.41) is 8.66. The zero-order chi connectivity index (χ0) is 11.3. The second kappa shape index (κ2) is 4.99. The molecule has 0 saturated carbocycles. The average Bonchev–Trinajstić information content (AvgIpc) is 2.66. The van der Waals surface area contributed by atoms with Crippen molar-refractivity contribution in [1.82, 2.24) is 4.98 Å². The molecule has 0 amide bonds. The average molecular weight is 208 g/mol. The maximum Gasteiger partial charge on any atom is 0.357 e. The van der Waals surface area contributed by atoms with E-state index in [1.807, 2.05) is 0 Å². The fourth-order valence-electron chi connectivity index (χ4n) is 1.05. The first-order valence-corrected chi connectivity index (χ1v) is 4.34. The van der Waals surface area contributed by atoms with E-state index >= 15 is 0 Å². The number of aromatic nitrogens is 1. The summed E-state index contributed by atoms with van der Waals surface area (Å²) in [6, 6.07) is 0.257. The van der Waals surface area contributed by atoms with Crippen molar-refractivity contribution in [3.05, 3.63) is 37.3 Å². The summed E-state index contributed by atoms with van der Waals surface area (Å²) in [6.07, 6.45) is 4.46. The van der Waals surface area contributed by atoms with E-state index < -0.39 is 5.97 Å². The molecule has 80 valence electrons. The minimum atomic E-state index is -1.11. The van der Waals surface area contributed by atoms with E-state index in [4.69, 9.17) is 9.52 Å². The van der Waals surface area contributed by atoms with Crippen molar-refractivity contribution in [2.24, 2.45) is 0 Å². The lowest BCUT2D eigenvalue weighted by atomic mass is 10.5. The Morgan fingerprint density at radius 3 is 2.53 bits per heavy atom. The first kappa shape index (κ1) is 11.0. The van der Waals surface area contributed by atoms with Crippen LogP contribution in [0.25, 0.3) is 0 Å². The highest BCUT2D eigenvalue weighted by Gasteiger charge is 2.14. The molecular formula is C10H12N2O3. The van der Waals surface area contributed by atoms with E-state index in [0.717, 1.165) is 6.26 Å². The fraction of sp³-hybridized carbons (Fsp3) is 0.200. The number of carboxylic acid groups (broad SMARTS) is 1. The van der Waals surface area contributed by atoms with Gasteiger partial charge in [-0.1, -0.05) is 12.2 Å². The maximum atomic E-state index is 10.6. The molecule has 5 nitrogen and oxygen atoms in total. The van der Waals surface area contributed by atoms with Gasteiger partial charge in [-0.2, -0.15) is 4.98 Å². The van der Waals surface area contributed by atoms with Gasteiger partial charge in [0.1, 0.15) is 6.26 Å². The van der Waals surface area contributed by atoms with Crippen LogP contribution in [0.1, 0.15) is 10.5 Å². The van der Waals surface area contributed by atoms with Gasteiger partial charge in [-0.05, 0) is 0 Å². The molecule has 0 aliphatic heterocycles. The first-order valence-electron chi connectivity index (χ1n) is 4.34. The van der Waals surface area contributed by atoms with Crippen molar-refractivity contribution in [3.63, 3.8) is 0 Å². The van der Waals surface area contributed by atoms with Crippen LogP contribution in [0.5, 0.6) is 0 Å². The quantitative estimate of drug-likeness (QED) is 0.718. The third kappa shape index (κ3) is 2.70. The topological polar surface area (TPSA) is 66.6 Å². The summed E-state index contributed by atoms with van der Waals surface area (Å²) < 4.78 is 5.03. The van der Waals surface area contributed by atoms with E-state index in [2.05, 4.69) is 18.1 Å². The number of rotatable bonds is 6. The third-order valence-electron chi connectivity index (χ3n) is 1.68. The number of carboxylic acids is 1. The summed E-state index contributed by atoms with van der Waals surface area (Å²) in [7, 11) is 0. The van der Waals surface area contributed by atoms with Crippen LogP contribution >= 0.6 is 0 Å². The molecule has 1 heterocycles. The SMILES string of the molecule is C=CCN(CC=C)c1nc(C(=O)O)co1. The van der Waals surface area contributed by atoms with Crippen LogP contribution in [0, 0.1) is 0 Å². The fourth-order valence-corrected chi connectivity index (χ4v) is 1.05. The molecule has 0 bridgehead atoms. The lowest BCUT2D eigenvalue weighted by Gasteiger charge is -2.15. The third-order valence-corrected chi connectivity index (χ3v) is 1.68. The van der Waals surface area contributed by atoms with Gasteiger partial charge in [0.2, 0.25) is 0 Å². The number of oxazole rings is 1. The molecule has 0 spiro atoms. The van der Waals surface area contributed by atoms with Gasteiger partial charge < -0.3 is 14.4 Å². The van der Waals surface area contributed by atoms with Crippen LogP contribution in [0.2, 0.25) is 0 Å². The summed E-state index contributed by atoms with van der Waals surface area (Å²) in [5.74, 6) is -1.11. The van der Waals surface area contributed by atoms with Crippen LogP contribution in [0.15, 0.2) is 36.0 Å². The molecule has 0 radical (unpaired) electrons. The minimum absolute atomic E-state index is 0.108. The van der Waals surface area contributed by atoms with Crippen molar-refractivity contribution in [2.75, 3.05) is 18.0 Å². The van der Waals surface area contributed by atoms with Gasteiger partial charge in [0.15, 0.2) is 5.69 Å². The van der Waals surface area contributed by atoms with Crippen LogP contribution in [-0.4, -0.2) is 29.1 Å². The molecule has 5 heteroatoms. The summed E-state index contributed by atoms with van der Waals surface area (Å²) in [5.41, 5.74) is -0.108. The Morgan fingerprint density at radius 2 is 2.13 bits per heavy atom. The zero-order valence-corrected chi connectivity index (χ0v) is 8.22. The van der Waals surface area contributed by atoms with Gasteiger partial charge in [-0.3, -0.25) is 0 Å². The van der Waals surface area contributed by atoms with Gasteiger partial charge in [-0.25, -0.2) is 4.79 Å². The second-order valence-corrected chi connectivity index (χ2v) is 2.80. The van der Waals surface area contributed by atoms with Gasteiger partial charge in [0.05, 0.1) is 0 Å². The standard InChI is InChI=1S/C10H12N2O3/c1-3-5-12(6-4-2)10-11-8(7-15-10)9(13)14/h3-4,7H,1-2,5-6H2,(H,13,14). The monoisotopic (exact) mass is 208 g/mol. The molecule has 1 aromatic rings. The van der Waals surface area contributed by atoms with E-state index in [1.54, 1.807) is 17.1 Å². The molecule has 0 saturated heterocycles. The van der Waals surface area contributed by atoms with Crippen LogP contribution < -0.4 is 4.90 Å². The summed E-state index contributed by atoms with van der Waals surface area (Å²) in [4.78, 5) is 16.1.